The van der Waals surface area contributed by atoms with Gasteiger partial charge in [-0.3, -0.25) is 9.59 Å². The number of thioether (sulfide) groups is 1. The normalized spacial score (nSPS) is 16.6. The van der Waals surface area contributed by atoms with Gasteiger partial charge in [-0.2, -0.15) is 0 Å². The summed E-state index contributed by atoms with van der Waals surface area (Å²) in [6.45, 7) is 7.00. The number of aromatic nitrogens is 2. The number of ether oxygens (including phenoxy) is 1. The molecule has 2 amide bonds. The summed E-state index contributed by atoms with van der Waals surface area (Å²) < 4.78 is 5.07. The number of Topliss-reactive ketones (excluding diaryl/α,β-unsaturated/α-hetero) is 1. The van der Waals surface area contributed by atoms with Crippen LogP contribution in [0, 0.1) is 0 Å². The molecule has 1 aromatic heterocycles. The standard InChI is InChI=1S/C32H36ClN5O4S/c1-3-42-31(41)38-18-16-37(17-19-38)29(40)25-9-7-8-24(20-25)22-43-30-34-27(33)21-28(35-30)36-14-12-32(13-15-36,23(2)39)26-10-5-4-6-11-26/h4-11,20-21H,3,12-19,22H2,1-2H3. The van der Waals surface area contributed by atoms with E-state index in [1.807, 2.05) is 54.6 Å². The summed E-state index contributed by atoms with van der Waals surface area (Å²) in [6, 6.07) is 19.4. The highest BCUT2D eigenvalue weighted by Gasteiger charge is 2.40. The fourth-order valence-electron chi connectivity index (χ4n) is 5.76. The van der Waals surface area contributed by atoms with E-state index < -0.39 is 5.41 Å². The van der Waals surface area contributed by atoms with Gasteiger partial charge in [0.2, 0.25) is 0 Å². The number of ketones is 1. The van der Waals surface area contributed by atoms with Gasteiger partial charge in [-0.15, -0.1) is 0 Å². The number of halogens is 1. The van der Waals surface area contributed by atoms with Gasteiger partial charge in [0.05, 0.1) is 12.0 Å². The molecule has 0 N–H and O–H groups in total. The number of amides is 2. The zero-order chi connectivity index (χ0) is 30.4. The Morgan fingerprint density at radius 3 is 2.28 bits per heavy atom. The van der Waals surface area contributed by atoms with E-state index >= 15 is 0 Å². The number of carbonyl (C=O) groups is 3. The first kappa shape index (κ1) is 30.8. The molecule has 2 aliphatic heterocycles. The van der Waals surface area contributed by atoms with Crippen LogP contribution in [0.15, 0.2) is 65.8 Å². The summed E-state index contributed by atoms with van der Waals surface area (Å²) in [5, 5.41) is 0.922. The van der Waals surface area contributed by atoms with Crippen LogP contribution in [0.2, 0.25) is 5.15 Å². The van der Waals surface area contributed by atoms with Crippen LogP contribution >= 0.6 is 23.4 Å². The van der Waals surface area contributed by atoms with Crippen LogP contribution in [-0.2, 0) is 20.7 Å². The smallest absolute Gasteiger partial charge is 0.409 e. The molecule has 2 aromatic carbocycles. The van der Waals surface area contributed by atoms with Crippen molar-refractivity contribution in [1.29, 1.82) is 0 Å². The van der Waals surface area contributed by atoms with Gasteiger partial charge < -0.3 is 19.4 Å². The molecule has 11 heteroatoms. The number of piperazine rings is 1. The molecule has 2 aliphatic rings. The van der Waals surface area contributed by atoms with E-state index in [1.54, 1.807) is 29.7 Å². The first-order valence-corrected chi connectivity index (χ1v) is 15.9. The average Bonchev–Trinajstić information content (AvgIpc) is 3.04. The Bertz CT molecular complexity index is 1460. The van der Waals surface area contributed by atoms with Gasteiger partial charge >= 0.3 is 6.09 Å². The first-order valence-electron chi connectivity index (χ1n) is 14.6. The number of hydrogen-bond donors (Lipinski definition) is 0. The molecule has 43 heavy (non-hydrogen) atoms. The van der Waals surface area contributed by atoms with Gasteiger partial charge in [-0.1, -0.05) is 65.8 Å². The fraction of sp³-hybridized carbons (Fsp3) is 0.406. The largest absolute Gasteiger partial charge is 0.450 e. The minimum absolute atomic E-state index is 0.0566. The van der Waals surface area contributed by atoms with Crippen molar-refractivity contribution in [3.05, 3.63) is 82.5 Å². The molecule has 0 saturated carbocycles. The van der Waals surface area contributed by atoms with E-state index in [2.05, 4.69) is 9.88 Å². The molecule has 2 saturated heterocycles. The predicted molar refractivity (Wildman–Crippen MR) is 168 cm³/mol. The lowest BCUT2D eigenvalue weighted by atomic mass is 9.70. The van der Waals surface area contributed by atoms with E-state index in [0.29, 0.717) is 80.3 Å². The van der Waals surface area contributed by atoms with E-state index in [0.717, 1.165) is 16.9 Å². The third-order valence-corrected chi connectivity index (χ3v) is 9.35. The average molecular weight is 622 g/mol. The van der Waals surface area contributed by atoms with Crippen LogP contribution in [0.3, 0.4) is 0 Å². The molecule has 2 fully saturated rings. The molecule has 226 valence electrons. The van der Waals surface area contributed by atoms with Gasteiger partial charge in [0.15, 0.2) is 5.16 Å². The van der Waals surface area contributed by atoms with E-state index in [9.17, 15) is 14.4 Å². The van der Waals surface area contributed by atoms with Crippen molar-refractivity contribution in [3.63, 3.8) is 0 Å². The highest BCUT2D eigenvalue weighted by Crippen LogP contribution is 2.38. The Kier molecular flexibility index (Phi) is 9.87. The molecule has 0 unspecified atom stereocenters. The maximum absolute atomic E-state index is 13.2. The van der Waals surface area contributed by atoms with Crippen molar-refractivity contribution in [2.24, 2.45) is 0 Å². The van der Waals surface area contributed by atoms with Crippen molar-refractivity contribution in [1.82, 2.24) is 19.8 Å². The number of benzene rings is 2. The molecular formula is C32H36ClN5O4S. The maximum Gasteiger partial charge on any atom is 0.409 e. The van der Waals surface area contributed by atoms with E-state index in [1.165, 1.54) is 11.8 Å². The Labute approximate surface area is 261 Å². The maximum atomic E-state index is 13.2. The summed E-state index contributed by atoms with van der Waals surface area (Å²) in [4.78, 5) is 52.8. The van der Waals surface area contributed by atoms with Crippen LogP contribution < -0.4 is 4.90 Å². The van der Waals surface area contributed by atoms with Crippen molar-refractivity contribution in [2.75, 3.05) is 50.8 Å². The van der Waals surface area contributed by atoms with Gasteiger partial charge in [0.25, 0.3) is 5.91 Å². The molecule has 0 atom stereocenters. The quantitative estimate of drug-likeness (QED) is 0.186. The first-order chi connectivity index (χ1) is 20.8. The monoisotopic (exact) mass is 621 g/mol. The summed E-state index contributed by atoms with van der Waals surface area (Å²) in [5.41, 5.74) is 2.16. The lowest BCUT2D eigenvalue weighted by Crippen LogP contribution is -2.50. The second kappa shape index (κ2) is 13.8. The van der Waals surface area contributed by atoms with Crippen LogP contribution in [0.25, 0.3) is 0 Å². The zero-order valence-corrected chi connectivity index (χ0v) is 26.1. The zero-order valence-electron chi connectivity index (χ0n) is 24.5. The van der Waals surface area contributed by atoms with Crippen LogP contribution in [-0.4, -0.2) is 83.4 Å². The van der Waals surface area contributed by atoms with Gasteiger partial charge in [-0.05, 0) is 49.9 Å². The number of hydrogen-bond acceptors (Lipinski definition) is 8. The van der Waals surface area contributed by atoms with Crippen molar-refractivity contribution < 1.29 is 19.1 Å². The molecule has 5 rings (SSSR count). The number of carbonyl (C=O) groups excluding carboxylic acids is 3. The molecule has 0 aliphatic carbocycles. The Balaban J connectivity index is 1.20. The predicted octanol–water partition coefficient (Wildman–Crippen LogP) is 5.46. The Hall–Kier alpha value is -3.63. The third-order valence-electron chi connectivity index (χ3n) is 8.24. The van der Waals surface area contributed by atoms with Crippen molar-refractivity contribution in [3.8, 4) is 0 Å². The van der Waals surface area contributed by atoms with Crippen LogP contribution in [0.5, 0.6) is 0 Å². The van der Waals surface area contributed by atoms with E-state index in [-0.39, 0.29) is 17.8 Å². The minimum Gasteiger partial charge on any atom is -0.450 e. The van der Waals surface area contributed by atoms with Crippen LogP contribution in [0.4, 0.5) is 10.6 Å². The lowest BCUT2D eigenvalue weighted by Gasteiger charge is -2.41. The summed E-state index contributed by atoms with van der Waals surface area (Å²) in [7, 11) is 0. The number of nitrogens with zero attached hydrogens (tertiary/aromatic N) is 5. The minimum atomic E-state index is -0.483. The van der Waals surface area contributed by atoms with Gasteiger partial charge in [0.1, 0.15) is 16.8 Å². The molecule has 0 bridgehead atoms. The topological polar surface area (TPSA) is 95.9 Å². The van der Waals surface area contributed by atoms with Crippen molar-refractivity contribution in [2.45, 2.75) is 43.0 Å². The highest BCUT2D eigenvalue weighted by molar-refractivity contribution is 7.98. The number of anilines is 1. The van der Waals surface area contributed by atoms with E-state index in [4.69, 9.17) is 21.3 Å². The lowest BCUT2D eigenvalue weighted by molar-refractivity contribution is -0.123. The summed E-state index contributed by atoms with van der Waals surface area (Å²) in [5.74, 6) is 1.45. The SMILES string of the molecule is CCOC(=O)N1CCN(C(=O)c2cccc(CSc3nc(Cl)cc(N4CCC(C(C)=O)(c5ccccc5)CC4)n3)c2)CC1. The number of rotatable bonds is 8. The Morgan fingerprint density at radius 2 is 1.60 bits per heavy atom. The summed E-state index contributed by atoms with van der Waals surface area (Å²) >= 11 is 7.89. The molecular weight excluding hydrogens is 586 g/mol. The third kappa shape index (κ3) is 7.13. The van der Waals surface area contributed by atoms with Crippen molar-refractivity contribution >= 4 is 47.0 Å². The summed E-state index contributed by atoms with van der Waals surface area (Å²) in [6.07, 6.45) is 1.07. The molecule has 3 aromatic rings. The second-order valence-corrected chi connectivity index (χ2v) is 12.1. The molecule has 0 radical (unpaired) electrons. The molecule has 9 nitrogen and oxygen atoms in total. The Morgan fingerprint density at radius 1 is 0.907 bits per heavy atom. The molecule has 0 spiro atoms. The van der Waals surface area contributed by atoms with Crippen LogP contribution in [0.1, 0.15) is 48.2 Å². The molecule has 3 heterocycles. The van der Waals surface area contributed by atoms with Gasteiger partial charge in [-0.25, -0.2) is 14.8 Å². The fourth-order valence-corrected chi connectivity index (χ4v) is 6.79. The highest BCUT2D eigenvalue weighted by atomic mass is 35.5. The number of piperidine rings is 1. The second-order valence-electron chi connectivity index (χ2n) is 10.8. The van der Waals surface area contributed by atoms with Gasteiger partial charge in [0, 0.05) is 56.7 Å².